The van der Waals surface area contributed by atoms with E-state index in [0.717, 1.165) is 22.3 Å². The Balaban J connectivity index is 1.39. The molecule has 1 amide bonds. The van der Waals surface area contributed by atoms with E-state index in [-0.39, 0.29) is 12.5 Å². The van der Waals surface area contributed by atoms with E-state index in [1.54, 1.807) is 0 Å². The molecule has 0 fully saturated rings. The molecule has 0 aromatic heterocycles. The van der Waals surface area contributed by atoms with Gasteiger partial charge in [-0.05, 0) is 28.3 Å². The number of hydrogen-bond acceptors (Lipinski definition) is 7. The number of carbonyl (C=O) groups excluding carboxylic acids is 1. The molecule has 11 heteroatoms. The van der Waals surface area contributed by atoms with Gasteiger partial charge in [0.15, 0.2) is 0 Å². The number of fused-ring (bicyclic) bond motifs is 3. The highest BCUT2D eigenvalue weighted by molar-refractivity contribution is 5.92. The predicted octanol–water partition coefficient (Wildman–Crippen LogP) is 3.37. The van der Waals surface area contributed by atoms with Crippen molar-refractivity contribution < 1.29 is 39.0 Å². The van der Waals surface area contributed by atoms with Crippen LogP contribution in [-0.4, -0.2) is 51.6 Å². The number of nitrogens with zero attached hydrogens (tertiary/aromatic N) is 1. The number of aliphatic hydroxyl groups excluding tert-OH is 2. The molecule has 0 aliphatic heterocycles. The number of rotatable bonds is 8. The van der Waals surface area contributed by atoms with E-state index >= 15 is 0 Å². The molecule has 2 atom stereocenters. The number of nitro groups is 1. The van der Waals surface area contributed by atoms with Crippen molar-refractivity contribution in [2.75, 3.05) is 13.2 Å². The highest BCUT2D eigenvalue weighted by Crippen LogP contribution is 2.44. The van der Waals surface area contributed by atoms with Crippen molar-refractivity contribution in [2.24, 2.45) is 0 Å². The van der Waals surface area contributed by atoms with Gasteiger partial charge < -0.3 is 25.4 Å². The lowest BCUT2D eigenvalue weighted by atomic mass is 9.98. The van der Waals surface area contributed by atoms with Gasteiger partial charge in [-0.2, -0.15) is 0 Å². The van der Waals surface area contributed by atoms with Gasteiger partial charge in [0.25, 0.3) is 5.69 Å². The van der Waals surface area contributed by atoms with E-state index in [1.807, 2.05) is 48.5 Å². The Labute approximate surface area is 203 Å². The third kappa shape index (κ3) is 4.74. The van der Waals surface area contributed by atoms with Crippen molar-refractivity contribution in [3.63, 3.8) is 0 Å². The summed E-state index contributed by atoms with van der Waals surface area (Å²) in [5.74, 6) is -3.18. The summed E-state index contributed by atoms with van der Waals surface area (Å²) in [6.45, 7) is -0.554. The van der Waals surface area contributed by atoms with Crippen molar-refractivity contribution in [1.82, 2.24) is 5.32 Å². The monoisotopic (exact) mass is 496 g/mol. The molecule has 0 heterocycles. The first kappa shape index (κ1) is 24.8. The van der Waals surface area contributed by atoms with E-state index in [2.05, 4.69) is 5.32 Å². The lowest BCUT2D eigenvalue weighted by Crippen LogP contribution is -2.36. The van der Waals surface area contributed by atoms with Gasteiger partial charge in [-0.1, -0.05) is 48.5 Å². The third-order valence-electron chi connectivity index (χ3n) is 6.02. The fraction of sp³-hybridized carbons (Fsp3) is 0.200. The van der Waals surface area contributed by atoms with Crippen molar-refractivity contribution in [3.8, 4) is 11.1 Å². The molecule has 1 aliphatic carbocycles. The van der Waals surface area contributed by atoms with Crippen LogP contribution < -0.4 is 5.32 Å². The Hall–Kier alpha value is -4.35. The molecule has 4 rings (SSSR count). The molecule has 3 aromatic rings. The molecule has 2 unspecified atom stereocenters. The maximum Gasteiger partial charge on any atom is 0.407 e. The minimum absolute atomic E-state index is 0.00990. The van der Waals surface area contributed by atoms with Gasteiger partial charge in [0.1, 0.15) is 30.2 Å². The number of ether oxygens (including phenoxy) is 1. The summed E-state index contributed by atoms with van der Waals surface area (Å²) in [4.78, 5) is 33.5. The number of nitrogens with one attached hydrogen (secondary N) is 1. The quantitative estimate of drug-likeness (QED) is 0.273. The van der Waals surface area contributed by atoms with Gasteiger partial charge in [-0.3, -0.25) is 10.1 Å². The van der Waals surface area contributed by atoms with Crippen LogP contribution in [0.25, 0.3) is 11.1 Å². The number of hydrogen-bond donors (Lipinski definition) is 4. The number of amides is 1. The van der Waals surface area contributed by atoms with Crippen LogP contribution in [0.2, 0.25) is 0 Å². The first-order chi connectivity index (χ1) is 17.2. The molecule has 0 bridgehead atoms. The Morgan fingerprint density at radius 1 is 1.06 bits per heavy atom. The molecule has 3 aromatic carbocycles. The van der Waals surface area contributed by atoms with E-state index in [0.29, 0.717) is 12.1 Å². The zero-order chi connectivity index (χ0) is 26.0. The Bertz CT molecular complexity index is 1300. The van der Waals surface area contributed by atoms with Gasteiger partial charge >= 0.3 is 12.1 Å². The summed E-state index contributed by atoms with van der Waals surface area (Å²) in [6.07, 6.45) is -4.65. The van der Waals surface area contributed by atoms with Gasteiger partial charge in [-0.25, -0.2) is 14.0 Å². The van der Waals surface area contributed by atoms with Gasteiger partial charge in [0.2, 0.25) is 0 Å². The van der Waals surface area contributed by atoms with Gasteiger partial charge in [-0.15, -0.1) is 0 Å². The molecule has 4 N–H and O–H groups in total. The second-order valence-corrected chi connectivity index (χ2v) is 8.17. The highest BCUT2D eigenvalue weighted by atomic mass is 19.1. The standard InChI is InChI=1S/C25H21FN2O8/c26-20-9-18(24(31)32)21(28(34)35)10-17(20)23(30)22(29)11-27-25(33)36-12-19-15-7-3-1-5-13(15)14-6-2-4-8-16(14)19/h1-10,19,22-23,29-30H,11-12H2,(H,27,33)(H,31,32). The average molecular weight is 496 g/mol. The maximum absolute atomic E-state index is 14.3. The van der Waals surface area contributed by atoms with Crippen LogP contribution >= 0.6 is 0 Å². The summed E-state index contributed by atoms with van der Waals surface area (Å²) in [5.41, 5.74) is 1.56. The summed E-state index contributed by atoms with van der Waals surface area (Å²) < 4.78 is 19.7. The first-order valence-corrected chi connectivity index (χ1v) is 10.8. The number of alkyl carbamates (subject to hydrolysis) is 1. The number of carbonyl (C=O) groups is 2. The molecule has 0 spiro atoms. The molecule has 1 aliphatic rings. The fourth-order valence-electron chi connectivity index (χ4n) is 4.28. The number of halogens is 1. The molecule has 0 saturated heterocycles. The van der Waals surface area contributed by atoms with E-state index < -0.39 is 58.4 Å². The zero-order valence-electron chi connectivity index (χ0n) is 18.6. The summed E-state index contributed by atoms with van der Waals surface area (Å²) in [7, 11) is 0. The SMILES string of the molecule is O=C(NCC(O)C(O)c1cc([N+](=O)[O-])c(C(=O)O)cc1F)OCC1c2ccccc2-c2ccccc21. The van der Waals surface area contributed by atoms with Crippen LogP contribution in [-0.2, 0) is 4.74 Å². The summed E-state index contributed by atoms with van der Waals surface area (Å²) in [6, 6.07) is 16.4. The van der Waals surface area contributed by atoms with Crippen LogP contribution in [0, 0.1) is 15.9 Å². The minimum atomic E-state index is -1.99. The van der Waals surface area contributed by atoms with Crippen LogP contribution in [0.3, 0.4) is 0 Å². The molecule has 0 radical (unpaired) electrons. The highest BCUT2D eigenvalue weighted by Gasteiger charge is 2.31. The second kappa shape index (κ2) is 10.1. The molecular weight excluding hydrogens is 475 g/mol. The van der Waals surface area contributed by atoms with Crippen LogP contribution in [0.1, 0.15) is 39.1 Å². The Morgan fingerprint density at radius 2 is 1.64 bits per heavy atom. The number of carboxylic acid groups (broad SMARTS) is 1. The first-order valence-electron chi connectivity index (χ1n) is 10.8. The molecule has 36 heavy (non-hydrogen) atoms. The number of benzene rings is 3. The van der Waals surface area contributed by atoms with E-state index in [4.69, 9.17) is 9.84 Å². The molecular formula is C25H21FN2O8. The van der Waals surface area contributed by atoms with Crippen molar-refractivity contribution in [3.05, 3.63) is 98.8 Å². The lowest BCUT2D eigenvalue weighted by molar-refractivity contribution is -0.385. The van der Waals surface area contributed by atoms with Gasteiger partial charge in [0, 0.05) is 24.1 Å². The Kier molecular flexibility index (Phi) is 6.95. The van der Waals surface area contributed by atoms with Crippen molar-refractivity contribution in [1.29, 1.82) is 0 Å². The molecule has 186 valence electrons. The average Bonchev–Trinajstić information content (AvgIpc) is 3.18. The smallest absolute Gasteiger partial charge is 0.407 e. The predicted molar refractivity (Wildman–Crippen MR) is 124 cm³/mol. The lowest BCUT2D eigenvalue weighted by Gasteiger charge is -2.20. The normalized spacial score (nSPS) is 13.9. The summed E-state index contributed by atoms with van der Waals surface area (Å²) >= 11 is 0. The van der Waals surface area contributed by atoms with Crippen molar-refractivity contribution in [2.45, 2.75) is 18.1 Å². The largest absolute Gasteiger partial charge is 0.477 e. The Morgan fingerprint density at radius 3 is 2.19 bits per heavy atom. The van der Waals surface area contributed by atoms with Crippen LogP contribution in [0.5, 0.6) is 0 Å². The van der Waals surface area contributed by atoms with Gasteiger partial charge in [0.05, 0.1) is 4.92 Å². The molecule has 0 saturated carbocycles. The zero-order valence-corrected chi connectivity index (χ0v) is 18.6. The van der Waals surface area contributed by atoms with E-state index in [9.17, 15) is 34.3 Å². The van der Waals surface area contributed by atoms with Crippen molar-refractivity contribution >= 4 is 17.7 Å². The van der Waals surface area contributed by atoms with Crippen LogP contribution in [0.4, 0.5) is 14.9 Å². The number of aliphatic hydroxyl groups is 2. The third-order valence-corrected chi connectivity index (χ3v) is 6.02. The topological polar surface area (TPSA) is 159 Å². The van der Waals surface area contributed by atoms with E-state index in [1.165, 1.54) is 0 Å². The number of nitro benzene ring substituents is 1. The second-order valence-electron chi connectivity index (χ2n) is 8.17. The minimum Gasteiger partial charge on any atom is -0.477 e. The number of aromatic carboxylic acids is 1. The molecule has 10 nitrogen and oxygen atoms in total. The fourth-order valence-corrected chi connectivity index (χ4v) is 4.28. The summed E-state index contributed by atoms with van der Waals surface area (Å²) in [5, 5.41) is 42.9. The maximum atomic E-state index is 14.3. The van der Waals surface area contributed by atoms with Crippen LogP contribution in [0.15, 0.2) is 60.7 Å². The number of carboxylic acids is 1.